The quantitative estimate of drug-likeness (QED) is 0.807. The number of nitrogens with one attached hydrogen (secondary N) is 1. The van der Waals surface area contributed by atoms with Gasteiger partial charge in [-0.25, -0.2) is 4.68 Å². The minimum Gasteiger partial charge on any atom is -0.354 e. The standard InChI is InChI=1S/C19H28N4O2/c1-3-16(19(25)20-11-9-15-7-5-4-6-8-15)23-17-13-14(2)21-22(17)12-10-18(23)24/h7,13,16H,3-6,8-12H2,1-2H3,(H,20,25)/t16-/m0/s1. The Bertz CT molecular complexity index is 677. The molecule has 0 bridgehead atoms. The Morgan fingerprint density at radius 2 is 2.20 bits per heavy atom. The number of hydrogen-bond donors (Lipinski definition) is 1. The van der Waals surface area contributed by atoms with E-state index in [9.17, 15) is 9.59 Å². The molecule has 1 atom stereocenters. The largest absolute Gasteiger partial charge is 0.354 e. The Labute approximate surface area is 149 Å². The second-order valence-electron chi connectivity index (χ2n) is 6.95. The van der Waals surface area contributed by atoms with Crippen LogP contribution in [0.5, 0.6) is 0 Å². The molecular formula is C19H28N4O2. The third kappa shape index (κ3) is 3.94. The molecule has 1 aliphatic heterocycles. The van der Waals surface area contributed by atoms with Gasteiger partial charge in [0.2, 0.25) is 11.8 Å². The SMILES string of the molecule is CC[C@@H](C(=O)NCCC1=CCCCC1)N1C(=O)CCn2nc(C)cc21. The van der Waals surface area contributed by atoms with Crippen LogP contribution in [0, 0.1) is 6.92 Å². The van der Waals surface area contributed by atoms with E-state index >= 15 is 0 Å². The van der Waals surface area contributed by atoms with E-state index in [1.54, 1.807) is 4.90 Å². The molecule has 0 aromatic carbocycles. The van der Waals surface area contributed by atoms with Gasteiger partial charge in [-0.1, -0.05) is 18.6 Å². The van der Waals surface area contributed by atoms with Crippen LogP contribution < -0.4 is 10.2 Å². The number of anilines is 1. The van der Waals surface area contributed by atoms with Crippen LogP contribution in [-0.2, 0) is 16.1 Å². The van der Waals surface area contributed by atoms with Crippen molar-refractivity contribution in [2.45, 2.75) is 71.4 Å². The zero-order valence-corrected chi connectivity index (χ0v) is 15.3. The summed E-state index contributed by atoms with van der Waals surface area (Å²) in [5.74, 6) is 0.676. The summed E-state index contributed by atoms with van der Waals surface area (Å²) in [5, 5.41) is 7.45. The zero-order valence-electron chi connectivity index (χ0n) is 15.3. The van der Waals surface area contributed by atoms with Gasteiger partial charge in [0.1, 0.15) is 11.9 Å². The first-order valence-corrected chi connectivity index (χ1v) is 9.42. The van der Waals surface area contributed by atoms with Gasteiger partial charge in [0.15, 0.2) is 0 Å². The second kappa shape index (κ2) is 7.85. The van der Waals surface area contributed by atoms with Crippen LogP contribution in [0.4, 0.5) is 5.82 Å². The highest BCUT2D eigenvalue weighted by Gasteiger charge is 2.34. The fraction of sp³-hybridized carbons (Fsp3) is 0.632. The first-order valence-electron chi connectivity index (χ1n) is 9.42. The molecule has 136 valence electrons. The predicted octanol–water partition coefficient (Wildman–Crippen LogP) is 2.71. The van der Waals surface area contributed by atoms with Crippen molar-refractivity contribution in [2.75, 3.05) is 11.4 Å². The van der Waals surface area contributed by atoms with Gasteiger partial charge < -0.3 is 5.32 Å². The van der Waals surface area contributed by atoms with Crippen molar-refractivity contribution >= 4 is 17.6 Å². The van der Waals surface area contributed by atoms with Crippen LogP contribution >= 0.6 is 0 Å². The molecule has 0 fully saturated rings. The van der Waals surface area contributed by atoms with Crippen LogP contribution in [0.15, 0.2) is 17.7 Å². The van der Waals surface area contributed by atoms with Crippen LogP contribution in [0.1, 0.15) is 57.6 Å². The fourth-order valence-corrected chi connectivity index (χ4v) is 3.75. The van der Waals surface area contributed by atoms with Crippen molar-refractivity contribution < 1.29 is 9.59 Å². The fourth-order valence-electron chi connectivity index (χ4n) is 3.75. The Morgan fingerprint density at radius 3 is 2.92 bits per heavy atom. The minimum atomic E-state index is -0.469. The lowest BCUT2D eigenvalue weighted by atomic mass is 9.97. The van der Waals surface area contributed by atoms with E-state index in [0.717, 1.165) is 30.8 Å². The minimum absolute atomic E-state index is 0.00406. The van der Waals surface area contributed by atoms with Gasteiger partial charge in [0, 0.05) is 19.0 Å². The summed E-state index contributed by atoms with van der Waals surface area (Å²) in [6.45, 7) is 5.09. The molecule has 0 saturated heterocycles. The zero-order chi connectivity index (χ0) is 17.8. The lowest BCUT2D eigenvalue weighted by Crippen LogP contribution is -2.52. The van der Waals surface area contributed by atoms with Gasteiger partial charge in [-0.3, -0.25) is 14.5 Å². The van der Waals surface area contributed by atoms with Gasteiger partial charge in [-0.15, -0.1) is 0 Å². The van der Waals surface area contributed by atoms with E-state index in [0.29, 0.717) is 25.9 Å². The van der Waals surface area contributed by atoms with E-state index in [1.807, 2.05) is 24.6 Å². The van der Waals surface area contributed by atoms with E-state index in [4.69, 9.17) is 0 Å². The number of hydrogen-bond acceptors (Lipinski definition) is 3. The molecule has 0 saturated carbocycles. The number of amides is 2. The predicted molar refractivity (Wildman–Crippen MR) is 97.3 cm³/mol. The third-order valence-electron chi connectivity index (χ3n) is 5.07. The second-order valence-corrected chi connectivity index (χ2v) is 6.95. The van der Waals surface area contributed by atoms with E-state index in [1.165, 1.54) is 18.4 Å². The highest BCUT2D eigenvalue weighted by Crippen LogP contribution is 2.26. The van der Waals surface area contributed by atoms with E-state index < -0.39 is 6.04 Å². The smallest absolute Gasteiger partial charge is 0.243 e. The molecule has 2 aliphatic rings. The average Bonchev–Trinajstić information content (AvgIpc) is 2.99. The maximum Gasteiger partial charge on any atom is 0.243 e. The first kappa shape index (κ1) is 17.7. The molecule has 2 heterocycles. The molecule has 3 rings (SSSR count). The van der Waals surface area contributed by atoms with Gasteiger partial charge >= 0.3 is 0 Å². The Kier molecular flexibility index (Phi) is 5.56. The van der Waals surface area contributed by atoms with Crippen LogP contribution in [0.2, 0.25) is 0 Å². The van der Waals surface area contributed by atoms with Crippen molar-refractivity contribution in [3.05, 3.63) is 23.4 Å². The van der Waals surface area contributed by atoms with Crippen molar-refractivity contribution in [2.24, 2.45) is 0 Å². The van der Waals surface area contributed by atoms with Gasteiger partial charge in [0.25, 0.3) is 0 Å². The number of aromatic nitrogens is 2. The summed E-state index contributed by atoms with van der Waals surface area (Å²) in [5.41, 5.74) is 2.32. The Balaban J connectivity index is 1.65. The maximum absolute atomic E-state index is 12.7. The summed E-state index contributed by atoms with van der Waals surface area (Å²) in [6, 6.07) is 1.42. The van der Waals surface area contributed by atoms with Gasteiger partial charge in [-0.05, 0) is 45.4 Å². The summed E-state index contributed by atoms with van der Waals surface area (Å²) in [7, 11) is 0. The normalized spacial score (nSPS) is 18.6. The molecular weight excluding hydrogens is 316 g/mol. The first-order chi connectivity index (χ1) is 12.1. The monoisotopic (exact) mass is 344 g/mol. The van der Waals surface area contributed by atoms with Gasteiger partial charge in [0.05, 0.1) is 12.2 Å². The molecule has 2 amide bonds. The molecule has 1 aliphatic carbocycles. The van der Waals surface area contributed by atoms with E-state index in [-0.39, 0.29) is 11.8 Å². The average molecular weight is 344 g/mol. The topological polar surface area (TPSA) is 67.2 Å². The summed E-state index contributed by atoms with van der Waals surface area (Å²) in [4.78, 5) is 26.8. The van der Waals surface area contributed by atoms with Crippen molar-refractivity contribution in [3.63, 3.8) is 0 Å². The number of aryl methyl sites for hydroxylation is 2. The lowest BCUT2D eigenvalue weighted by Gasteiger charge is -2.33. The molecule has 1 aromatic rings. The number of carbonyl (C=O) groups is 2. The Hall–Kier alpha value is -2.11. The molecule has 1 aromatic heterocycles. The molecule has 6 heteroatoms. The van der Waals surface area contributed by atoms with E-state index in [2.05, 4.69) is 16.5 Å². The third-order valence-corrected chi connectivity index (χ3v) is 5.07. The molecule has 0 radical (unpaired) electrons. The number of rotatable bonds is 6. The van der Waals surface area contributed by atoms with Crippen molar-refractivity contribution in [1.82, 2.24) is 15.1 Å². The number of fused-ring (bicyclic) bond motifs is 1. The van der Waals surface area contributed by atoms with Crippen molar-refractivity contribution in [3.8, 4) is 0 Å². The van der Waals surface area contributed by atoms with Crippen LogP contribution in [0.25, 0.3) is 0 Å². The van der Waals surface area contributed by atoms with Crippen LogP contribution in [-0.4, -0.2) is 34.2 Å². The number of nitrogens with zero attached hydrogens (tertiary/aromatic N) is 3. The summed E-state index contributed by atoms with van der Waals surface area (Å²) < 4.78 is 1.83. The lowest BCUT2D eigenvalue weighted by molar-refractivity contribution is -0.127. The molecule has 6 nitrogen and oxygen atoms in total. The molecule has 1 N–H and O–H groups in total. The van der Waals surface area contributed by atoms with Crippen LogP contribution in [0.3, 0.4) is 0 Å². The Morgan fingerprint density at radius 1 is 1.36 bits per heavy atom. The molecule has 0 spiro atoms. The summed E-state index contributed by atoms with van der Waals surface area (Å²) in [6.07, 6.45) is 9.04. The number of carbonyl (C=O) groups excluding carboxylic acids is 2. The summed E-state index contributed by atoms with van der Waals surface area (Å²) >= 11 is 0. The maximum atomic E-state index is 12.7. The molecule has 25 heavy (non-hydrogen) atoms. The highest BCUT2D eigenvalue weighted by molar-refractivity contribution is 6.00. The molecule has 0 unspecified atom stereocenters. The highest BCUT2D eigenvalue weighted by atomic mass is 16.2. The van der Waals surface area contributed by atoms with Gasteiger partial charge in [-0.2, -0.15) is 5.10 Å². The number of allylic oxidation sites excluding steroid dienone is 1. The van der Waals surface area contributed by atoms with Crippen molar-refractivity contribution in [1.29, 1.82) is 0 Å².